The van der Waals surface area contributed by atoms with Gasteiger partial charge in [0.05, 0.1) is 38.6 Å². The number of aliphatic hydroxyl groups is 11. The van der Waals surface area contributed by atoms with Crippen LogP contribution >= 0.6 is 0 Å². The molecule has 17 unspecified atom stereocenters. The van der Waals surface area contributed by atoms with Crippen LogP contribution in [0.25, 0.3) is 0 Å². The molecule has 17 atom stereocenters. The van der Waals surface area contributed by atoms with Crippen molar-refractivity contribution in [3.63, 3.8) is 0 Å². The lowest BCUT2D eigenvalue weighted by Crippen LogP contribution is -2.66. The maximum atomic E-state index is 13.2. The highest BCUT2D eigenvalue weighted by Crippen LogP contribution is 2.33. The number of allylic oxidation sites excluding steroid dienone is 3. The van der Waals surface area contributed by atoms with Crippen molar-refractivity contribution >= 4 is 5.91 Å². The van der Waals surface area contributed by atoms with E-state index in [4.69, 9.17) is 28.4 Å². The Morgan fingerprint density at radius 1 is 0.500 bits per heavy atom. The van der Waals surface area contributed by atoms with Crippen LogP contribution in [-0.2, 0) is 33.2 Å². The van der Waals surface area contributed by atoms with Crippen molar-refractivity contribution in [3.8, 4) is 0 Å². The maximum Gasteiger partial charge on any atom is 0.220 e. The Balaban J connectivity index is 1.52. The van der Waals surface area contributed by atoms with Crippen LogP contribution in [0.1, 0.15) is 162 Å². The molecule has 0 aromatic rings. The standard InChI is InChI=1S/C51H93NO18/c1-3-5-7-9-11-13-14-15-16-17-18-19-20-21-23-25-27-29-39(57)52-34(35(56)28-26-24-22-12-10-8-6-4-2)33-65-49-45(63)42(60)47(37(31-54)67-49)70-51-46(64)43(61)48(38(32-55)68-51)69-50-44(62)41(59)40(58)36(30-53)66-50/h15-16,26,28,34-38,40-51,53-56,58-64H,3-14,17-25,27,29-33H2,1-2H3,(H,52,57)/b16-15-,28-26+. The van der Waals surface area contributed by atoms with Gasteiger partial charge in [-0.2, -0.15) is 0 Å². The van der Waals surface area contributed by atoms with Gasteiger partial charge in [-0.3, -0.25) is 4.79 Å². The number of hydrogen-bond donors (Lipinski definition) is 12. The Labute approximate surface area is 416 Å². The van der Waals surface area contributed by atoms with Gasteiger partial charge in [-0.1, -0.05) is 134 Å². The maximum absolute atomic E-state index is 13.2. The van der Waals surface area contributed by atoms with E-state index in [9.17, 15) is 61.0 Å². The summed E-state index contributed by atoms with van der Waals surface area (Å²) in [7, 11) is 0. The SMILES string of the molecule is CCCCCCCC/C=C\CCCCCCCCCC(=O)NC(COC1OC(CO)C(OC2OC(CO)C(OC3OC(CO)C(O)C(O)C3O)C(O)C2O)C(O)C1O)C(O)/C=C/CCCCCCCC. The van der Waals surface area contributed by atoms with Crippen molar-refractivity contribution in [2.45, 2.75) is 266 Å². The fraction of sp³-hybridized carbons (Fsp3) is 0.902. The predicted octanol–water partition coefficient (Wildman–Crippen LogP) is 2.42. The number of ether oxygens (including phenoxy) is 6. The van der Waals surface area contributed by atoms with Crippen LogP contribution < -0.4 is 5.32 Å². The van der Waals surface area contributed by atoms with Crippen molar-refractivity contribution in [2.24, 2.45) is 0 Å². The molecule has 1 amide bonds. The molecule has 19 nitrogen and oxygen atoms in total. The topological polar surface area (TPSA) is 307 Å². The Morgan fingerprint density at radius 2 is 0.900 bits per heavy atom. The zero-order chi connectivity index (χ0) is 51.3. The minimum atomic E-state index is -1.97. The first-order valence-corrected chi connectivity index (χ1v) is 26.6. The average molecular weight is 1010 g/mol. The molecule has 0 bridgehead atoms. The van der Waals surface area contributed by atoms with Crippen molar-refractivity contribution in [1.82, 2.24) is 5.32 Å². The molecule has 70 heavy (non-hydrogen) atoms. The molecule has 0 spiro atoms. The minimum absolute atomic E-state index is 0.239. The zero-order valence-electron chi connectivity index (χ0n) is 42.0. The van der Waals surface area contributed by atoms with E-state index in [0.29, 0.717) is 6.42 Å². The third-order valence-electron chi connectivity index (χ3n) is 13.5. The van der Waals surface area contributed by atoms with Crippen LogP contribution in [0.3, 0.4) is 0 Å². The van der Waals surface area contributed by atoms with E-state index in [0.717, 1.165) is 64.2 Å². The molecule has 3 aliphatic rings. The summed E-state index contributed by atoms with van der Waals surface area (Å²) >= 11 is 0. The highest BCUT2D eigenvalue weighted by atomic mass is 16.8. The minimum Gasteiger partial charge on any atom is -0.394 e. The van der Waals surface area contributed by atoms with Crippen molar-refractivity contribution in [1.29, 1.82) is 0 Å². The van der Waals surface area contributed by atoms with Crippen LogP contribution in [0, 0.1) is 0 Å². The lowest BCUT2D eigenvalue weighted by Gasteiger charge is -2.48. The molecule has 0 aliphatic carbocycles. The van der Waals surface area contributed by atoms with Crippen molar-refractivity contribution in [3.05, 3.63) is 24.3 Å². The monoisotopic (exact) mass is 1010 g/mol. The summed E-state index contributed by atoms with van der Waals surface area (Å²) in [5.74, 6) is -0.285. The van der Waals surface area contributed by atoms with Gasteiger partial charge < -0.3 is 89.9 Å². The van der Waals surface area contributed by atoms with Gasteiger partial charge in [0, 0.05) is 6.42 Å². The summed E-state index contributed by atoms with van der Waals surface area (Å²) in [6, 6.07) is -0.969. The molecular formula is C51H93NO18. The summed E-state index contributed by atoms with van der Waals surface area (Å²) < 4.78 is 34.1. The summed E-state index contributed by atoms with van der Waals surface area (Å²) in [5, 5.41) is 119. The second kappa shape index (κ2) is 36.3. The van der Waals surface area contributed by atoms with Crippen LogP contribution in [-0.4, -0.2) is 193 Å². The second-order valence-corrected chi connectivity index (χ2v) is 19.3. The lowest BCUT2D eigenvalue weighted by molar-refractivity contribution is -0.379. The Hall–Kier alpha value is -1.73. The van der Waals surface area contributed by atoms with Gasteiger partial charge in [-0.05, 0) is 44.9 Å². The Kier molecular flexibility index (Phi) is 32.4. The quantitative estimate of drug-likeness (QED) is 0.0314. The van der Waals surface area contributed by atoms with Gasteiger partial charge in [0.1, 0.15) is 73.2 Å². The van der Waals surface area contributed by atoms with Crippen LogP contribution in [0.2, 0.25) is 0 Å². The number of carbonyl (C=O) groups is 1. The first-order chi connectivity index (χ1) is 33.8. The smallest absolute Gasteiger partial charge is 0.220 e. The molecule has 3 heterocycles. The third-order valence-corrected chi connectivity index (χ3v) is 13.5. The van der Waals surface area contributed by atoms with E-state index < -0.39 is 124 Å². The molecule has 12 N–H and O–H groups in total. The molecule has 3 fully saturated rings. The lowest BCUT2D eigenvalue weighted by atomic mass is 9.96. The highest BCUT2D eigenvalue weighted by molar-refractivity contribution is 5.76. The summed E-state index contributed by atoms with van der Waals surface area (Å²) in [6.45, 7) is 1.63. The molecule has 3 rings (SSSR count). The van der Waals surface area contributed by atoms with E-state index in [1.54, 1.807) is 6.08 Å². The van der Waals surface area contributed by atoms with Gasteiger partial charge in [-0.25, -0.2) is 0 Å². The van der Waals surface area contributed by atoms with E-state index >= 15 is 0 Å². The normalized spacial score (nSPS) is 32.7. The van der Waals surface area contributed by atoms with Gasteiger partial charge in [0.25, 0.3) is 0 Å². The van der Waals surface area contributed by atoms with Crippen LogP contribution in [0.5, 0.6) is 0 Å². The number of carbonyl (C=O) groups excluding carboxylic acids is 1. The molecule has 3 saturated heterocycles. The predicted molar refractivity (Wildman–Crippen MR) is 259 cm³/mol. The van der Waals surface area contributed by atoms with E-state index in [-0.39, 0.29) is 18.9 Å². The number of unbranched alkanes of at least 4 members (excludes halogenated alkanes) is 19. The highest BCUT2D eigenvalue weighted by Gasteiger charge is 2.53. The molecule has 410 valence electrons. The number of aliphatic hydroxyl groups excluding tert-OH is 11. The van der Waals surface area contributed by atoms with E-state index in [1.807, 2.05) is 6.08 Å². The second-order valence-electron chi connectivity index (χ2n) is 19.3. The molecule has 19 heteroatoms. The van der Waals surface area contributed by atoms with Crippen molar-refractivity contribution < 1.29 is 89.4 Å². The largest absolute Gasteiger partial charge is 0.394 e. The molecule has 0 radical (unpaired) electrons. The number of nitrogens with one attached hydrogen (secondary N) is 1. The van der Waals surface area contributed by atoms with Gasteiger partial charge in [-0.15, -0.1) is 0 Å². The first-order valence-electron chi connectivity index (χ1n) is 26.6. The number of amides is 1. The summed E-state index contributed by atoms with van der Waals surface area (Å²) in [4.78, 5) is 13.2. The van der Waals surface area contributed by atoms with Gasteiger partial charge >= 0.3 is 0 Å². The molecule has 0 saturated carbocycles. The zero-order valence-corrected chi connectivity index (χ0v) is 42.0. The molecule has 3 aliphatic heterocycles. The Morgan fingerprint density at radius 3 is 1.39 bits per heavy atom. The number of hydrogen-bond acceptors (Lipinski definition) is 18. The Bertz CT molecular complexity index is 1390. The summed E-state index contributed by atoms with van der Waals surface area (Å²) in [5.41, 5.74) is 0. The van der Waals surface area contributed by atoms with Gasteiger partial charge in [0.2, 0.25) is 5.91 Å². The molecule has 0 aromatic carbocycles. The average Bonchev–Trinajstić information content (AvgIpc) is 3.35. The first kappa shape index (κ1) is 62.6. The fourth-order valence-corrected chi connectivity index (χ4v) is 9.01. The van der Waals surface area contributed by atoms with Crippen LogP contribution in [0.4, 0.5) is 0 Å². The van der Waals surface area contributed by atoms with Gasteiger partial charge in [0.15, 0.2) is 18.9 Å². The molecule has 0 aromatic heterocycles. The number of rotatable bonds is 37. The third kappa shape index (κ3) is 21.6. The van der Waals surface area contributed by atoms with E-state index in [2.05, 4.69) is 31.3 Å². The van der Waals surface area contributed by atoms with Crippen LogP contribution in [0.15, 0.2) is 24.3 Å². The fourth-order valence-electron chi connectivity index (χ4n) is 9.01. The summed E-state index contributed by atoms with van der Waals surface area (Å²) in [6.07, 6.45) is 6.29. The van der Waals surface area contributed by atoms with Crippen molar-refractivity contribution in [2.75, 3.05) is 26.4 Å². The van der Waals surface area contributed by atoms with E-state index in [1.165, 1.54) is 70.6 Å². The molecular weight excluding hydrogens is 915 g/mol.